The number of benzene rings is 2. The van der Waals surface area contributed by atoms with Crippen molar-refractivity contribution in [3.8, 4) is 27.8 Å². The maximum atomic E-state index is 14.8. The molecule has 0 fully saturated rings. The van der Waals surface area contributed by atoms with E-state index in [-0.39, 0.29) is 11.5 Å². The van der Waals surface area contributed by atoms with Crippen molar-refractivity contribution in [3.63, 3.8) is 0 Å². The molecule has 0 spiro atoms. The number of rotatable bonds is 5. The zero-order valence-corrected chi connectivity index (χ0v) is 20.1. The van der Waals surface area contributed by atoms with Crippen LogP contribution in [0.1, 0.15) is 35.7 Å². The van der Waals surface area contributed by atoms with Gasteiger partial charge in [-0.3, -0.25) is 4.79 Å². The lowest BCUT2D eigenvalue weighted by molar-refractivity contribution is 0.101. The molecule has 1 N–H and O–H groups in total. The fraction of sp³-hybridized carbons (Fsp3) is 0.192. The average molecular weight is 500 g/mol. The molecule has 0 bridgehead atoms. The van der Waals surface area contributed by atoms with Crippen LogP contribution in [0.15, 0.2) is 66.0 Å². The van der Waals surface area contributed by atoms with E-state index in [1.54, 1.807) is 16.8 Å². The number of anilines is 1. The highest BCUT2D eigenvalue weighted by Crippen LogP contribution is 2.28. The normalized spacial score (nSPS) is 13.2. The second-order valence-electron chi connectivity index (χ2n) is 8.53. The minimum atomic E-state index is -0.599. The van der Waals surface area contributed by atoms with Gasteiger partial charge in [0.2, 0.25) is 5.82 Å². The number of fused-ring (bicyclic) bond motifs is 1. The van der Waals surface area contributed by atoms with Crippen LogP contribution in [0.2, 0.25) is 0 Å². The number of amides is 1. The Morgan fingerprint density at radius 2 is 1.86 bits per heavy atom. The van der Waals surface area contributed by atoms with Crippen LogP contribution in [0.3, 0.4) is 0 Å². The Bertz CT molecular complexity index is 1530. The zero-order chi connectivity index (χ0) is 24.5. The standard InChI is InChI=1S/C26H22FN7OS/c27-19-13-12-17(24-31-30-22-11-5-2-6-14-33(22)24)16-20(19)28-26(35)23-29-25(21-10-7-15-36-21)34(32-23)18-8-3-1-4-9-18/h1,3-4,7-10,12-13,15-16H,2,5-6,11,14H2,(H,28,35). The second-order valence-corrected chi connectivity index (χ2v) is 9.48. The summed E-state index contributed by atoms with van der Waals surface area (Å²) in [6.45, 7) is 0.822. The number of carbonyl (C=O) groups excluding carboxylic acids is 1. The predicted octanol–water partition coefficient (Wildman–Crippen LogP) is 5.37. The summed E-state index contributed by atoms with van der Waals surface area (Å²) >= 11 is 1.50. The summed E-state index contributed by atoms with van der Waals surface area (Å²) in [6.07, 6.45) is 4.15. The van der Waals surface area contributed by atoms with Gasteiger partial charge in [-0.15, -0.1) is 26.6 Å². The Morgan fingerprint density at radius 1 is 0.972 bits per heavy atom. The number of halogens is 1. The molecule has 10 heteroatoms. The molecule has 0 atom stereocenters. The Hall–Kier alpha value is -4.18. The van der Waals surface area contributed by atoms with Crippen LogP contribution in [-0.4, -0.2) is 35.4 Å². The Balaban J connectivity index is 1.33. The first-order chi connectivity index (χ1) is 17.7. The summed E-state index contributed by atoms with van der Waals surface area (Å²) in [6, 6.07) is 17.9. The van der Waals surface area contributed by atoms with Gasteiger partial charge in [0.15, 0.2) is 11.6 Å². The molecule has 5 aromatic rings. The van der Waals surface area contributed by atoms with Gasteiger partial charge in [-0.25, -0.2) is 14.1 Å². The number of nitrogens with one attached hydrogen (secondary N) is 1. The molecule has 1 aliphatic heterocycles. The quantitative estimate of drug-likeness (QED) is 0.351. The van der Waals surface area contributed by atoms with Crippen LogP contribution in [-0.2, 0) is 13.0 Å². The van der Waals surface area contributed by atoms with Crippen molar-refractivity contribution in [2.45, 2.75) is 32.2 Å². The summed E-state index contributed by atoms with van der Waals surface area (Å²) in [7, 11) is 0. The fourth-order valence-electron chi connectivity index (χ4n) is 4.36. The number of para-hydroxylation sites is 1. The monoisotopic (exact) mass is 499 g/mol. The van der Waals surface area contributed by atoms with Crippen molar-refractivity contribution in [2.24, 2.45) is 0 Å². The molecule has 180 valence electrons. The molecule has 3 aromatic heterocycles. The molecule has 0 radical (unpaired) electrons. The van der Waals surface area contributed by atoms with Crippen LogP contribution in [0.5, 0.6) is 0 Å². The number of carbonyl (C=O) groups is 1. The highest BCUT2D eigenvalue weighted by Gasteiger charge is 2.22. The van der Waals surface area contributed by atoms with Crippen molar-refractivity contribution in [1.82, 2.24) is 29.5 Å². The van der Waals surface area contributed by atoms with Gasteiger partial charge in [0.05, 0.1) is 16.3 Å². The topological polar surface area (TPSA) is 90.5 Å². The van der Waals surface area contributed by atoms with Crippen LogP contribution in [0.25, 0.3) is 27.8 Å². The molecular formula is C26H22FN7OS. The zero-order valence-electron chi connectivity index (χ0n) is 19.3. The summed E-state index contributed by atoms with van der Waals surface area (Å²) < 4.78 is 18.5. The van der Waals surface area contributed by atoms with Gasteiger partial charge in [0.25, 0.3) is 5.91 Å². The number of aryl methyl sites for hydroxylation is 1. The molecule has 6 rings (SSSR count). The highest BCUT2D eigenvalue weighted by molar-refractivity contribution is 7.13. The van der Waals surface area contributed by atoms with E-state index in [4.69, 9.17) is 0 Å². The number of thiophene rings is 1. The largest absolute Gasteiger partial charge is 0.317 e. The molecule has 1 aliphatic rings. The first-order valence-corrected chi connectivity index (χ1v) is 12.6. The number of hydrogen-bond donors (Lipinski definition) is 1. The van der Waals surface area contributed by atoms with Crippen LogP contribution in [0, 0.1) is 5.82 Å². The van der Waals surface area contributed by atoms with Gasteiger partial charge in [-0.05, 0) is 54.6 Å². The molecule has 4 heterocycles. The van der Waals surface area contributed by atoms with Crippen molar-refractivity contribution >= 4 is 22.9 Å². The van der Waals surface area contributed by atoms with Crippen LogP contribution < -0.4 is 5.32 Å². The molecule has 1 amide bonds. The van der Waals surface area contributed by atoms with E-state index in [2.05, 4.69) is 30.2 Å². The summed E-state index contributed by atoms with van der Waals surface area (Å²) in [5.74, 6) is 0.954. The predicted molar refractivity (Wildman–Crippen MR) is 136 cm³/mol. The van der Waals surface area contributed by atoms with Crippen LogP contribution >= 0.6 is 11.3 Å². The molecule has 2 aromatic carbocycles. The molecule has 0 aliphatic carbocycles. The molecule has 0 saturated heterocycles. The lowest BCUT2D eigenvalue weighted by Crippen LogP contribution is -2.15. The van der Waals surface area contributed by atoms with E-state index in [0.29, 0.717) is 17.2 Å². The third-order valence-corrected chi connectivity index (χ3v) is 7.00. The minimum Gasteiger partial charge on any atom is -0.317 e. The summed E-state index contributed by atoms with van der Waals surface area (Å²) in [5, 5.41) is 17.7. The molecule has 36 heavy (non-hydrogen) atoms. The Labute approximate surface area is 210 Å². The van der Waals surface area contributed by atoms with Crippen molar-refractivity contribution in [1.29, 1.82) is 0 Å². The van der Waals surface area contributed by atoms with E-state index >= 15 is 0 Å². The van der Waals surface area contributed by atoms with Crippen molar-refractivity contribution in [3.05, 3.63) is 83.5 Å². The van der Waals surface area contributed by atoms with Gasteiger partial charge in [0.1, 0.15) is 11.6 Å². The van der Waals surface area contributed by atoms with Gasteiger partial charge in [0, 0.05) is 18.5 Å². The van der Waals surface area contributed by atoms with Gasteiger partial charge < -0.3 is 9.88 Å². The van der Waals surface area contributed by atoms with E-state index in [1.807, 2.05) is 47.8 Å². The molecular weight excluding hydrogens is 477 g/mol. The van der Waals surface area contributed by atoms with E-state index in [9.17, 15) is 9.18 Å². The minimum absolute atomic E-state index is 0.0391. The van der Waals surface area contributed by atoms with E-state index in [0.717, 1.165) is 48.6 Å². The van der Waals surface area contributed by atoms with E-state index in [1.165, 1.54) is 17.4 Å². The van der Waals surface area contributed by atoms with Crippen molar-refractivity contribution in [2.75, 3.05) is 5.32 Å². The van der Waals surface area contributed by atoms with Crippen LogP contribution in [0.4, 0.5) is 10.1 Å². The first-order valence-electron chi connectivity index (χ1n) is 11.8. The smallest absolute Gasteiger partial charge is 0.295 e. The first kappa shape index (κ1) is 22.3. The van der Waals surface area contributed by atoms with Gasteiger partial charge in [-0.1, -0.05) is 30.7 Å². The third kappa shape index (κ3) is 4.20. The number of aromatic nitrogens is 6. The van der Waals surface area contributed by atoms with E-state index < -0.39 is 11.7 Å². The lowest BCUT2D eigenvalue weighted by Gasteiger charge is -2.10. The Morgan fingerprint density at radius 3 is 2.69 bits per heavy atom. The SMILES string of the molecule is O=C(Nc1cc(-c2nnc3n2CCCCC3)ccc1F)c1nc(-c2cccs2)n(-c2ccccc2)n1. The molecule has 0 unspecified atom stereocenters. The maximum absolute atomic E-state index is 14.8. The Kier molecular flexibility index (Phi) is 5.86. The summed E-state index contributed by atoms with van der Waals surface area (Å²) in [4.78, 5) is 18.5. The fourth-order valence-corrected chi connectivity index (χ4v) is 5.06. The third-order valence-electron chi connectivity index (χ3n) is 6.13. The lowest BCUT2D eigenvalue weighted by atomic mass is 10.1. The number of hydrogen-bond acceptors (Lipinski definition) is 6. The number of nitrogens with zero attached hydrogens (tertiary/aromatic N) is 6. The maximum Gasteiger partial charge on any atom is 0.295 e. The highest BCUT2D eigenvalue weighted by atomic mass is 32.1. The molecule has 0 saturated carbocycles. The average Bonchev–Trinajstić information content (AvgIpc) is 3.63. The van der Waals surface area contributed by atoms with Crippen molar-refractivity contribution < 1.29 is 9.18 Å². The van der Waals surface area contributed by atoms with Gasteiger partial charge >= 0.3 is 0 Å². The molecule has 8 nitrogen and oxygen atoms in total. The van der Waals surface area contributed by atoms with Gasteiger partial charge in [-0.2, -0.15) is 0 Å². The second kappa shape index (κ2) is 9.46. The summed E-state index contributed by atoms with van der Waals surface area (Å²) in [5.41, 5.74) is 1.50.